The van der Waals surface area contributed by atoms with Gasteiger partial charge in [-0.2, -0.15) is 0 Å². The predicted octanol–water partition coefficient (Wildman–Crippen LogP) is 2.56. The largest absolute Gasteiger partial charge is 0.368 e. The van der Waals surface area contributed by atoms with Crippen molar-refractivity contribution in [1.29, 1.82) is 0 Å². The van der Waals surface area contributed by atoms with Gasteiger partial charge in [-0.3, -0.25) is 0 Å². The van der Waals surface area contributed by atoms with Crippen LogP contribution >= 0.6 is 12.2 Å². The zero-order valence-corrected chi connectivity index (χ0v) is 8.82. The Balaban J connectivity index is 3.67. The highest BCUT2D eigenvalue weighted by Gasteiger charge is 2.03. The fourth-order valence-electron chi connectivity index (χ4n) is 1.10. The van der Waals surface area contributed by atoms with E-state index in [9.17, 15) is 0 Å². The Labute approximate surface area is 75.8 Å². The molecule has 0 aliphatic rings. The van der Waals surface area contributed by atoms with Crippen LogP contribution in [0.4, 0.5) is 0 Å². The molecule has 0 aromatic heterocycles. The third kappa shape index (κ3) is 6.29. The lowest BCUT2D eigenvalue weighted by Gasteiger charge is -2.22. The number of rotatable bonds is 5. The van der Waals surface area contributed by atoms with Crippen molar-refractivity contribution >= 4 is 17.7 Å². The van der Waals surface area contributed by atoms with Crippen LogP contribution in [0.3, 0.4) is 0 Å². The van der Waals surface area contributed by atoms with Crippen molar-refractivity contribution in [3.05, 3.63) is 0 Å². The van der Waals surface area contributed by atoms with E-state index < -0.39 is 0 Å². The van der Waals surface area contributed by atoms with E-state index in [-0.39, 0.29) is 0 Å². The zero-order valence-electron chi connectivity index (χ0n) is 8.00. The molecule has 0 aliphatic heterocycles. The molecule has 66 valence electrons. The molecule has 0 rings (SSSR count). The molecule has 0 spiro atoms. The van der Waals surface area contributed by atoms with E-state index in [1.807, 2.05) is 0 Å². The van der Waals surface area contributed by atoms with Crippen LogP contribution in [-0.2, 0) is 0 Å². The van der Waals surface area contributed by atoms with Gasteiger partial charge in [0.25, 0.3) is 0 Å². The van der Waals surface area contributed by atoms with Crippen LogP contribution < -0.4 is 0 Å². The molecular weight excluding hydrogens is 154 g/mol. The molecule has 0 amide bonds. The average Bonchev–Trinajstić information content (AvgIpc) is 1.84. The van der Waals surface area contributed by atoms with E-state index in [2.05, 4.69) is 32.6 Å². The van der Waals surface area contributed by atoms with Crippen LogP contribution in [-0.4, -0.2) is 23.5 Å². The van der Waals surface area contributed by atoms with Crippen LogP contribution in [0.5, 0.6) is 0 Å². The van der Waals surface area contributed by atoms with Crippen molar-refractivity contribution < 1.29 is 0 Å². The summed E-state index contributed by atoms with van der Waals surface area (Å²) in [5.74, 6) is 1.40. The molecule has 0 N–H and O–H groups in total. The van der Waals surface area contributed by atoms with E-state index in [0.717, 1.165) is 13.1 Å². The summed E-state index contributed by atoms with van der Waals surface area (Å²) < 4.78 is 0. The summed E-state index contributed by atoms with van der Waals surface area (Å²) in [6.07, 6.45) is 0. The fourth-order valence-corrected chi connectivity index (χ4v) is 1.27. The summed E-state index contributed by atoms with van der Waals surface area (Å²) in [6.45, 7) is 11.0. The Bertz CT molecular complexity index is 100. The van der Waals surface area contributed by atoms with E-state index in [1.54, 1.807) is 5.49 Å². The lowest BCUT2D eigenvalue weighted by Crippen LogP contribution is -2.29. The molecule has 11 heavy (non-hydrogen) atoms. The summed E-state index contributed by atoms with van der Waals surface area (Å²) in [4.78, 5) is 2.21. The second-order valence-corrected chi connectivity index (χ2v) is 4.06. The number of hydrogen-bond acceptors (Lipinski definition) is 1. The minimum absolute atomic E-state index is 0.702. The molecule has 0 unspecified atom stereocenters. The van der Waals surface area contributed by atoms with Crippen LogP contribution in [0.25, 0.3) is 0 Å². The number of hydrogen-bond donors (Lipinski definition) is 0. The first-order chi connectivity index (χ1) is 5.06. The standard InChI is InChI=1S/C9H19NS/c1-8(2)5-10(7-11)6-9(3)4/h7-9H,5-6H2,1-4H3. The summed E-state index contributed by atoms with van der Waals surface area (Å²) in [6, 6.07) is 0. The second-order valence-electron chi connectivity index (χ2n) is 3.85. The molecule has 0 saturated carbocycles. The molecule has 0 atom stereocenters. The first-order valence-corrected chi connectivity index (χ1v) is 4.72. The normalized spacial score (nSPS) is 10.7. The van der Waals surface area contributed by atoms with Gasteiger partial charge in [-0.1, -0.05) is 39.9 Å². The van der Waals surface area contributed by atoms with Crippen LogP contribution in [0.1, 0.15) is 27.7 Å². The highest BCUT2D eigenvalue weighted by atomic mass is 32.1. The third-order valence-corrected chi connectivity index (χ3v) is 1.65. The van der Waals surface area contributed by atoms with Crippen molar-refractivity contribution in [2.75, 3.05) is 13.1 Å². The maximum Gasteiger partial charge on any atom is 0.0641 e. The van der Waals surface area contributed by atoms with Gasteiger partial charge in [-0.05, 0) is 11.8 Å². The van der Waals surface area contributed by atoms with Gasteiger partial charge in [-0.25, -0.2) is 0 Å². The monoisotopic (exact) mass is 173 g/mol. The van der Waals surface area contributed by atoms with Gasteiger partial charge < -0.3 is 4.90 Å². The van der Waals surface area contributed by atoms with Crippen LogP contribution in [0, 0.1) is 11.8 Å². The van der Waals surface area contributed by atoms with E-state index in [1.165, 1.54) is 0 Å². The Kier molecular flexibility index (Phi) is 5.47. The lowest BCUT2D eigenvalue weighted by atomic mass is 10.1. The molecule has 0 radical (unpaired) electrons. The van der Waals surface area contributed by atoms with Crippen LogP contribution in [0.15, 0.2) is 0 Å². The second kappa shape index (κ2) is 5.53. The average molecular weight is 173 g/mol. The SMILES string of the molecule is CC(C)CN(C=S)CC(C)C. The van der Waals surface area contributed by atoms with Gasteiger partial charge in [-0.15, -0.1) is 0 Å². The lowest BCUT2D eigenvalue weighted by molar-refractivity contribution is 0.340. The molecule has 0 aliphatic carbocycles. The van der Waals surface area contributed by atoms with E-state index in [0.29, 0.717) is 11.8 Å². The quantitative estimate of drug-likeness (QED) is 0.588. The summed E-state index contributed by atoms with van der Waals surface area (Å²) >= 11 is 4.91. The molecule has 0 aromatic rings. The van der Waals surface area contributed by atoms with Gasteiger partial charge in [0, 0.05) is 13.1 Å². The summed E-state index contributed by atoms with van der Waals surface area (Å²) in [5, 5.41) is 0. The van der Waals surface area contributed by atoms with Gasteiger partial charge in [0.15, 0.2) is 0 Å². The molecule has 0 fully saturated rings. The first kappa shape index (κ1) is 10.9. The summed E-state index contributed by atoms with van der Waals surface area (Å²) in [7, 11) is 0. The minimum atomic E-state index is 0.702. The number of nitrogens with zero attached hydrogens (tertiary/aromatic N) is 1. The Morgan fingerprint density at radius 1 is 1.09 bits per heavy atom. The molecule has 1 nitrogen and oxygen atoms in total. The zero-order chi connectivity index (χ0) is 8.85. The Morgan fingerprint density at radius 3 is 1.64 bits per heavy atom. The van der Waals surface area contributed by atoms with Crippen molar-refractivity contribution in [2.24, 2.45) is 11.8 Å². The predicted molar refractivity (Wildman–Crippen MR) is 54.9 cm³/mol. The fraction of sp³-hybridized carbons (Fsp3) is 0.889. The molecule has 2 heteroatoms. The Morgan fingerprint density at radius 2 is 1.45 bits per heavy atom. The Hall–Kier alpha value is -0.110. The molecule has 0 aromatic carbocycles. The molecule has 0 bridgehead atoms. The maximum atomic E-state index is 4.91. The molecule has 0 saturated heterocycles. The van der Waals surface area contributed by atoms with Gasteiger partial charge in [0.2, 0.25) is 0 Å². The van der Waals surface area contributed by atoms with Crippen LogP contribution in [0.2, 0.25) is 0 Å². The third-order valence-electron chi connectivity index (χ3n) is 1.35. The van der Waals surface area contributed by atoms with Crippen molar-refractivity contribution in [1.82, 2.24) is 4.90 Å². The van der Waals surface area contributed by atoms with Gasteiger partial charge >= 0.3 is 0 Å². The topological polar surface area (TPSA) is 3.24 Å². The van der Waals surface area contributed by atoms with Crippen molar-refractivity contribution in [2.45, 2.75) is 27.7 Å². The van der Waals surface area contributed by atoms with Crippen molar-refractivity contribution in [3.8, 4) is 0 Å². The summed E-state index contributed by atoms with van der Waals surface area (Å²) in [5.41, 5.74) is 1.78. The first-order valence-electron chi connectivity index (χ1n) is 4.25. The van der Waals surface area contributed by atoms with Gasteiger partial charge in [0.1, 0.15) is 0 Å². The van der Waals surface area contributed by atoms with E-state index in [4.69, 9.17) is 12.2 Å². The smallest absolute Gasteiger partial charge is 0.0641 e. The maximum absolute atomic E-state index is 4.91. The highest BCUT2D eigenvalue weighted by Crippen LogP contribution is 2.01. The van der Waals surface area contributed by atoms with Crippen molar-refractivity contribution in [3.63, 3.8) is 0 Å². The minimum Gasteiger partial charge on any atom is -0.368 e. The number of thiocarbonyl (C=S) groups is 1. The molecular formula is C9H19NS. The van der Waals surface area contributed by atoms with E-state index >= 15 is 0 Å². The van der Waals surface area contributed by atoms with Gasteiger partial charge in [0.05, 0.1) is 5.49 Å². The highest BCUT2D eigenvalue weighted by molar-refractivity contribution is 7.78. The molecule has 0 heterocycles.